The zero-order valence-corrected chi connectivity index (χ0v) is 47.7. The van der Waals surface area contributed by atoms with Gasteiger partial charge in [-0.05, 0) is 120 Å². The Labute approximate surface area is 468 Å². The predicted molar refractivity (Wildman–Crippen MR) is 305 cm³/mol. The SMILES string of the molecule is Cc1ncsc1-c1ccc(CNC(=O)[C@@H]2C[C@@H](O)CN2C(=O)[C@@H](NCCCCN2CC3CC2CN3CCCCCCN2CCC(n3cc(-c4cnc(N)c(O[C@H](C)c5c(Cl)ccc(F)c5Cl)c4)cn3)CC2)C(C)(C)C)cc1. The molecule has 0 spiro atoms. The molecule has 0 saturated carbocycles. The lowest BCUT2D eigenvalue weighted by atomic mass is 9.85. The van der Waals surface area contributed by atoms with Crippen LogP contribution in [0.2, 0.25) is 10.0 Å². The first-order chi connectivity index (χ1) is 37.0. The third kappa shape index (κ3) is 14.0. The number of carbonyl (C=O) groups excluding carboxylic acids is 2. The maximum Gasteiger partial charge on any atom is 0.243 e. The van der Waals surface area contributed by atoms with Crippen molar-refractivity contribution in [3.05, 3.63) is 99.2 Å². The zero-order chi connectivity index (χ0) is 54.4. The Hall–Kier alpha value is -4.72. The fourth-order valence-corrected chi connectivity index (χ4v) is 13.4. The van der Waals surface area contributed by atoms with Crippen LogP contribution in [0.3, 0.4) is 0 Å². The molecule has 9 rings (SSSR count). The Morgan fingerprint density at radius 1 is 0.883 bits per heavy atom. The number of piperidine rings is 1. The maximum atomic E-state index is 14.2. The molecule has 2 amide bonds. The van der Waals surface area contributed by atoms with Gasteiger partial charge in [0.25, 0.3) is 0 Å². The lowest BCUT2D eigenvalue weighted by Crippen LogP contribution is -2.56. The quantitative estimate of drug-likeness (QED) is 0.0362. The van der Waals surface area contributed by atoms with Crippen LogP contribution in [0.5, 0.6) is 5.75 Å². The molecule has 5 N–H and O–H groups in total. The monoisotopic (exact) mass is 1110 g/mol. The largest absolute Gasteiger partial charge is 0.482 e. The highest BCUT2D eigenvalue weighted by molar-refractivity contribution is 7.13. The molecule has 5 aromatic rings. The van der Waals surface area contributed by atoms with Crippen molar-refractivity contribution >= 4 is 52.2 Å². The van der Waals surface area contributed by atoms with E-state index in [1.165, 1.54) is 57.3 Å². The van der Waals surface area contributed by atoms with Gasteiger partial charge in [0.2, 0.25) is 11.8 Å². The number of hydrogen-bond acceptors (Lipinski definition) is 13. The number of aliphatic hydroxyl groups is 1. The second kappa shape index (κ2) is 25.6. The van der Waals surface area contributed by atoms with E-state index < -0.39 is 30.1 Å². The number of ether oxygens (including phenoxy) is 1. The number of nitrogens with one attached hydrogen (secondary N) is 2. The molecule has 416 valence electrons. The lowest BCUT2D eigenvalue weighted by molar-refractivity contribution is -0.142. The number of carbonyl (C=O) groups is 2. The van der Waals surface area contributed by atoms with Gasteiger partial charge >= 0.3 is 0 Å². The number of aryl methyl sites for hydroxylation is 1. The van der Waals surface area contributed by atoms with Crippen LogP contribution in [0.25, 0.3) is 21.6 Å². The number of aliphatic hydroxyl groups excluding tert-OH is 1. The van der Waals surface area contributed by atoms with Gasteiger partial charge in [0.05, 0.1) is 45.5 Å². The number of anilines is 1. The number of unbranched alkanes of at least 4 members (excludes halogenated alkanes) is 4. The van der Waals surface area contributed by atoms with Crippen LogP contribution in [-0.4, -0.2) is 145 Å². The van der Waals surface area contributed by atoms with Gasteiger partial charge < -0.3 is 36.0 Å². The number of benzene rings is 2. The minimum atomic E-state index is -0.737. The van der Waals surface area contributed by atoms with Crippen molar-refractivity contribution < 1.29 is 23.8 Å². The summed E-state index contributed by atoms with van der Waals surface area (Å²) in [6, 6.07) is 13.1. The molecule has 2 unspecified atom stereocenters. The van der Waals surface area contributed by atoms with Gasteiger partial charge in [-0.25, -0.2) is 14.4 Å². The van der Waals surface area contributed by atoms with Crippen molar-refractivity contribution in [2.24, 2.45) is 5.41 Å². The van der Waals surface area contributed by atoms with Crippen molar-refractivity contribution in [3.63, 3.8) is 0 Å². The number of piperazine rings is 1. The van der Waals surface area contributed by atoms with E-state index in [1.54, 1.807) is 29.4 Å². The zero-order valence-electron chi connectivity index (χ0n) is 45.4. The van der Waals surface area contributed by atoms with Crippen LogP contribution in [0.4, 0.5) is 10.2 Å². The van der Waals surface area contributed by atoms with Gasteiger partial charge in [-0.1, -0.05) is 81.1 Å². The molecule has 77 heavy (non-hydrogen) atoms. The summed E-state index contributed by atoms with van der Waals surface area (Å²) < 4.78 is 22.4. The minimum Gasteiger partial charge on any atom is -0.482 e. The number of thiazole rings is 1. The second-order valence-corrected chi connectivity index (χ2v) is 24.5. The molecule has 4 aliphatic rings. The molecule has 4 aliphatic heterocycles. The van der Waals surface area contributed by atoms with Gasteiger partial charge in [0.1, 0.15) is 18.0 Å². The number of aromatic nitrogens is 4. The van der Waals surface area contributed by atoms with Gasteiger partial charge in [0, 0.05) is 91.9 Å². The first-order valence-electron chi connectivity index (χ1n) is 27.8. The molecule has 7 heterocycles. The lowest BCUT2D eigenvalue weighted by Gasteiger charge is -2.36. The summed E-state index contributed by atoms with van der Waals surface area (Å²) in [5, 5.41) is 22.3. The Balaban J connectivity index is 0.628. The first kappa shape index (κ1) is 57.0. The van der Waals surface area contributed by atoms with Crippen LogP contribution in [0.1, 0.15) is 121 Å². The average Bonchev–Trinajstić information content (AvgIpc) is 4.29. The van der Waals surface area contributed by atoms with E-state index in [0.29, 0.717) is 41.0 Å². The number of nitrogen functional groups attached to an aromatic ring is 1. The first-order valence-corrected chi connectivity index (χ1v) is 29.4. The molecular formula is C58H78Cl2FN11O4S. The Morgan fingerprint density at radius 2 is 1.58 bits per heavy atom. The number of nitrogens with zero attached hydrogens (tertiary/aromatic N) is 8. The number of β-amino-alcohol motifs (C(OH)–C–C–N with tert-alkyl or cyclic N) is 1. The number of rotatable bonds is 23. The molecule has 6 atom stereocenters. The average molecular weight is 1120 g/mol. The highest BCUT2D eigenvalue weighted by atomic mass is 35.5. The fraction of sp³-hybridized carbons (Fsp3) is 0.569. The van der Waals surface area contributed by atoms with E-state index in [1.807, 2.05) is 49.0 Å². The second-order valence-electron chi connectivity index (χ2n) is 22.9. The molecule has 2 aromatic carbocycles. The van der Waals surface area contributed by atoms with E-state index >= 15 is 0 Å². The highest BCUT2D eigenvalue weighted by Crippen LogP contribution is 2.38. The summed E-state index contributed by atoms with van der Waals surface area (Å²) >= 11 is 14.2. The topological polar surface area (TPSA) is 170 Å². The number of nitrogens with two attached hydrogens (primary N) is 1. The molecule has 4 fully saturated rings. The van der Waals surface area contributed by atoms with Gasteiger partial charge in [-0.15, -0.1) is 11.3 Å². The van der Waals surface area contributed by atoms with Crippen LogP contribution in [0, 0.1) is 18.2 Å². The number of pyridine rings is 1. The van der Waals surface area contributed by atoms with Crippen molar-refractivity contribution in [2.45, 2.75) is 148 Å². The van der Waals surface area contributed by atoms with Crippen molar-refractivity contribution in [3.8, 4) is 27.3 Å². The number of likely N-dealkylation sites (tertiary alicyclic amines) is 4. The third-order valence-corrected chi connectivity index (χ3v) is 18.0. The smallest absolute Gasteiger partial charge is 0.243 e. The molecule has 19 heteroatoms. The number of amides is 2. The van der Waals surface area contributed by atoms with Crippen molar-refractivity contribution in [2.75, 3.05) is 64.6 Å². The predicted octanol–water partition coefficient (Wildman–Crippen LogP) is 9.56. The minimum absolute atomic E-state index is 0.0771. The Kier molecular flexibility index (Phi) is 18.9. The van der Waals surface area contributed by atoms with E-state index in [-0.39, 0.29) is 41.0 Å². The van der Waals surface area contributed by atoms with Crippen LogP contribution >= 0.6 is 34.5 Å². The van der Waals surface area contributed by atoms with Gasteiger partial charge in [-0.3, -0.25) is 24.1 Å². The summed E-state index contributed by atoms with van der Waals surface area (Å²) in [4.78, 5) is 47.2. The van der Waals surface area contributed by atoms with Crippen molar-refractivity contribution in [1.29, 1.82) is 0 Å². The van der Waals surface area contributed by atoms with Crippen LogP contribution < -0.4 is 21.1 Å². The van der Waals surface area contributed by atoms with Crippen LogP contribution in [0.15, 0.2) is 66.6 Å². The normalized spacial score (nSPS) is 21.3. The number of halogens is 3. The van der Waals surface area contributed by atoms with Crippen molar-refractivity contribution in [1.82, 2.24) is 50.0 Å². The van der Waals surface area contributed by atoms with Gasteiger partial charge in [-0.2, -0.15) is 5.10 Å². The summed E-state index contributed by atoms with van der Waals surface area (Å²) in [5.41, 5.74) is 12.8. The fourth-order valence-electron chi connectivity index (χ4n) is 11.9. The van der Waals surface area contributed by atoms with Gasteiger partial charge in [0.15, 0.2) is 11.6 Å². The number of hydrogen-bond donors (Lipinski definition) is 4. The van der Waals surface area contributed by atoms with E-state index in [2.05, 4.69) is 67.0 Å². The number of fused-ring (bicyclic) bond motifs is 2. The maximum absolute atomic E-state index is 14.2. The summed E-state index contributed by atoms with van der Waals surface area (Å²) in [7, 11) is 0. The molecule has 2 bridgehead atoms. The standard InChI is InChI=1S/C58H78Cl2FN11O4S/c1-37-53(77-36-66-37)40-14-12-39(13-15-40)29-65-56(74)49-28-46(73)35-71(49)57(75)54(58(3,4)5)63-20-8-11-23-70-34-44-27-45(70)33-69(44)22-10-7-6-9-21-68-24-18-43(19-25-68)72-32-42(31-67-72)41-26-50(55(62)64-30-41)76-38(2)51-47(59)16-17-48(61)52(51)60/h12-17,26,30-32,36,38,43-46,49,54,63,73H,6-11,18-25,27-29,33-35H2,1-5H3,(H2,62,64)(H,65,74)/t38-,44?,45?,46-,49+,54-/m1/s1. The van der Waals surface area contributed by atoms with E-state index in [4.69, 9.17) is 38.8 Å². The van der Waals surface area contributed by atoms with E-state index in [0.717, 1.165) is 97.8 Å². The molecular weight excluding hydrogens is 1040 g/mol. The Bertz CT molecular complexity index is 2780. The van der Waals surface area contributed by atoms with E-state index in [9.17, 15) is 19.1 Å². The molecule has 3 aromatic heterocycles. The molecule has 15 nitrogen and oxygen atoms in total. The molecule has 4 saturated heterocycles. The van der Waals surface area contributed by atoms with Crippen LogP contribution in [-0.2, 0) is 16.1 Å². The summed E-state index contributed by atoms with van der Waals surface area (Å²) in [6.45, 7) is 19.0. The highest BCUT2D eigenvalue weighted by Gasteiger charge is 2.44. The summed E-state index contributed by atoms with van der Waals surface area (Å²) in [6.07, 6.45) is 14.9. The summed E-state index contributed by atoms with van der Waals surface area (Å²) in [5.74, 6) is -0.351. The molecule has 0 radical (unpaired) electrons. The Morgan fingerprint density at radius 3 is 2.26 bits per heavy atom. The molecule has 0 aliphatic carbocycles. The third-order valence-electron chi connectivity index (χ3n) is 16.3.